The number of carbonyl (C=O) groups is 2. The van der Waals surface area contributed by atoms with Crippen molar-refractivity contribution in [2.45, 2.75) is 13.0 Å². The zero-order chi connectivity index (χ0) is 14.3. The molecule has 104 valence electrons. The molecule has 0 bridgehead atoms. The summed E-state index contributed by atoms with van der Waals surface area (Å²) in [6.45, 7) is 1.01. The second-order valence-corrected chi connectivity index (χ2v) is 3.90. The number of hydrogen-bond acceptors (Lipinski definition) is 4. The van der Waals surface area contributed by atoms with Crippen LogP contribution in [-0.2, 0) is 16.1 Å². The van der Waals surface area contributed by atoms with Gasteiger partial charge in [0.1, 0.15) is 12.1 Å². The Morgan fingerprint density at radius 2 is 2.21 bits per heavy atom. The number of nitrogens with one attached hydrogen (secondary N) is 1. The Morgan fingerprint density at radius 3 is 2.84 bits per heavy atom. The minimum absolute atomic E-state index is 0.0342. The van der Waals surface area contributed by atoms with Gasteiger partial charge in [-0.1, -0.05) is 0 Å². The van der Waals surface area contributed by atoms with Crippen LogP contribution in [0.25, 0.3) is 0 Å². The molecule has 1 rings (SSSR count). The molecule has 2 N–H and O–H groups in total. The van der Waals surface area contributed by atoms with Crippen LogP contribution in [0.2, 0.25) is 0 Å². The van der Waals surface area contributed by atoms with Gasteiger partial charge in [-0.25, -0.2) is 4.79 Å². The first-order valence-electron chi connectivity index (χ1n) is 5.73. The maximum absolute atomic E-state index is 11.5. The van der Waals surface area contributed by atoms with Crippen molar-refractivity contribution in [2.24, 2.45) is 0 Å². The van der Waals surface area contributed by atoms with Gasteiger partial charge < -0.3 is 19.7 Å². The van der Waals surface area contributed by atoms with E-state index < -0.39 is 11.4 Å². The highest BCUT2D eigenvalue weighted by atomic mass is 16.5. The second kappa shape index (κ2) is 7.32. The van der Waals surface area contributed by atoms with Crippen LogP contribution in [0.1, 0.15) is 16.8 Å². The average molecular weight is 268 g/mol. The van der Waals surface area contributed by atoms with Crippen molar-refractivity contribution in [3.63, 3.8) is 0 Å². The van der Waals surface area contributed by atoms with Gasteiger partial charge in [0, 0.05) is 38.7 Å². The van der Waals surface area contributed by atoms with Crippen LogP contribution in [0.3, 0.4) is 0 Å². The monoisotopic (exact) mass is 268 g/mol. The molecule has 19 heavy (non-hydrogen) atoms. The Labute approximate surface area is 109 Å². The molecule has 1 heterocycles. The number of carbonyl (C=O) groups excluding carboxylic acids is 1. The van der Waals surface area contributed by atoms with E-state index in [0.29, 0.717) is 19.6 Å². The van der Waals surface area contributed by atoms with E-state index in [4.69, 9.17) is 9.84 Å². The highest BCUT2D eigenvalue weighted by Gasteiger charge is 2.09. The Kier molecular flexibility index (Phi) is 5.74. The maximum Gasteiger partial charge on any atom is 0.341 e. The minimum atomic E-state index is -1.31. The second-order valence-electron chi connectivity index (χ2n) is 3.90. The SMILES string of the molecule is COCCCNC(=O)Cn1ccc(=O)c(C(=O)O)c1. The fraction of sp³-hybridized carbons (Fsp3) is 0.417. The number of amides is 1. The molecule has 7 nitrogen and oxygen atoms in total. The number of carboxylic acids is 1. The summed E-state index contributed by atoms with van der Waals surface area (Å²) in [7, 11) is 1.58. The molecule has 0 aliphatic heterocycles. The highest BCUT2D eigenvalue weighted by Crippen LogP contribution is 1.93. The van der Waals surface area contributed by atoms with E-state index in [2.05, 4.69) is 5.32 Å². The van der Waals surface area contributed by atoms with Crippen LogP contribution in [0.15, 0.2) is 23.3 Å². The third-order valence-electron chi connectivity index (χ3n) is 2.38. The summed E-state index contributed by atoms with van der Waals surface area (Å²) in [5, 5.41) is 11.5. The van der Waals surface area contributed by atoms with Crippen molar-refractivity contribution in [3.8, 4) is 0 Å². The number of aromatic nitrogens is 1. The van der Waals surface area contributed by atoms with E-state index in [-0.39, 0.29) is 18.0 Å². The number of ether oxygens (including phenoxy) is 1. The molecule has 1 amide bonds. The molecule has 0 atom stereocenters. The van der Waals surface area contributed by atoms with Gasteiger partial charge >= 0.3 is 5.97 Å². The van der Waals surface area contributed by atoms with Gasteiger partial charge in [-0.2, -0.15) is 0 Å². The third-order valence-corrected chi connectivity index (χ3v) is 2.38. The Balaban J connectivity index is 2.57. The molecule has 1 aromatic heterocycles. The van der Waals surface area contributed by atoms with Gasteiger partial charge in [-0.3, -0.25) is 9.59 Å². The van der Waals surface area contributed by atoms with Gasteiger partial charge in [0.05, 0.1) is 0 Å². The van der Waals surface area contributed by atoms with Crippen molar-refractivity contribution in [2.75, 3.05) is 20.3 Å². The summed E-state index contributed by atoms with van der Waals surface area (Å²) >= 11 is 0. The lowest BCUT2D eigenvalue weighted by atomic mass is 10.3. The molecule has 0 saturated carbocycles. The van der Waals surface area contributed by atoms with E-state index >= 15 is 0 Å². The van der Waals surface area contributed by atoms with E-state index in [1.165, 1.54) is 10.8 Å². The van der Waals surface area contributed by atoms with E-state index in [0.717, 1.165) is 12.3 Å². The van der Waals surface area contributed by atoms with Gasteiger partial charge in [0.2, 0.25) is 5.91 Å². The normalized spacial score (nSPS) is 10.2. The fourth-order valence-electron chi connectivity index (χ4n) is 1.45. The van der Waals surface area contributed by atoms with Crippen LogP contribution < -0.4 is 10.7 Å². The molecule has 0 unspecified atom stereocenters. The first-order chi connectivity index (χ1) is 9.04. The average Bonchev–Trinajstić information content (AvgIpc) is 2.36. The van der Waals surface area contributed by atoms with Crippen molar-refractivity contribution in [1.29, 1.82) is 0 Å². The molecule has 0 saturated heterocycles. The number of methoxy groups -OCH3 is 1. The van der Waals surface area contributed by atoms with Crippen LogP contribution in [-0.4, -0.2) is 41.8 Å². The summed E-state index contributed by atoms with van der Waals surface area (Å²) in [5.74, 6) is -1.56. The van der Waals surface area contributed by atoms with Crippen LogP contribution in [0.4, 0.5) is 0 Å². The molecule has 1 aromatic rings. The molecular formula is C12H16N2O5. The van der Waals surface area contributed by atoms with Crippen LogP contribution >= 0.6 is 0 Å². The van der Waals surface area contributed by atoms with E-state index in [1.54, 1.807) is 7.11 Å². The zero-order valence-corrected chi connectivity index (χ0v) is 10.6. The van der Waals surface area contributed by atoms with Crippen molar-refractivity contribution in [1.82, 2.24) is 9.88 Å². The van der Waals surface area contributed by atoms with Crippen molar-refractivity contribution in [3.05, 3.63) is 34.2 Å². The molecule has 0 aliphatic rings. The van der Waals surface area contributed by atoms with Gasteiger partial charge in [-0.15, -0.1) is 0 Å². The molecule has 0 aliphatic carbocycles. The molecule has 0 radical (unpaired) electrons. The lowest BCUT2D eigenvalue weighted by molar-refractivity contribution is -0.121. The van der Waals surface area contributed by atoms with Crippen molar-refractivity contribution < 1.29 is 19.4 Å². The van der Waals surface area contributed by atoms with Gasteiger partial charge in [-0.05, 0) is 6.42 Å². The Hall–Kier alpha value is -2.15. The summed E-state index contributed by atoms with van der Waals surface area (Å²) in [5.41, 5.74) is -0.932. The molecule has 0 fully saturated rings. The Bertz CT molecular complexity index is 509. The quantitative estimate of drug-likeness (QED) is 0.662. The minimum Gasteiger partial charge on any atom is -0.477 e. The predicted molar refractivity (Wildman–Crippen MR) is 67.2 cm³/mol. The first-order valence-corrected chi connectivity index (χ1v) is 5.73. The fourth-order valence-corrected chi connectivity index (χ4v) is 1.45. The lowest BCUT2D eigenvalue weighted by Gasteiger charge is -2.08. The van der Waals surface area contributed by atoms with Gasteiger partial charge in [0.15, 0.2) is 5.43 Å². The van der Waals surface area contributed by atoms with Crippen LogP contribution in [0, 0.1) is 0 Å². The number of hydrogen-bond donors (Lipinski definition) is 2. The van der Waals surface area contributed by atoms with Gasteiger partial charge in [0.25, 0.3) is 0 Å². The lowest BCUT2D eigenvalue weighted by Crippen LogP contribution is -2.29. The highest BCUT2D eigenvalue weighted by molar-refractivity contribution is 5.87. The smallest absolute Gasteiger partial charge is 0.341 e. The topological polar surface area (TPSA) is 97.6 Å². The zero-order valence-electron chi connectivity index (χ0n) is 10.6. The van der Waals surface area contributed by atoms with Crippen molar-refractivity contribution >= 4 is 11.9 Å². The number of nitrogens with zero attached hydrogens (tertiary/aromatic N) is 1. The summed E-state index contributed by atoms with van der Waals surface area (Å²) in [6, 6.07) is 1.13. The molecular weight excluding hydrogens is 252 g/mol. The van der Waals surface area contributed by atoms with Crippen LogP contribution in [0.5, 0.6) is 0 Å². The molecule has 0 spiro atoms. The standard InChI is InChI=1S/C12H16N2O5/c1-19-6-2-4-13-11(16)8-14-5-3-10(15)9(7-14)12(17)18/h3,5,7H,2,4,6,8H2,1H3,(H,13,16)(H,17,18). The largest absolute Gasteiger partial charge is 0.477 e. The number of aromatic carboxylic acids is 1. The molecule has 0 aromatic carbocycles. The van der Waals surface area contributed by atoms with E-state index in [9.17, 15) is 14.4 Å². The number of carboxylic acid groups (broad SMARTS) is 1. The summed E-state index contributed by atoms with van der Waals surface area (Å²) < 4.78 is 6.20. The number of rotatable bonds is 7. The summed E-state index contributed by atoms with van der Waals surface area (Å²) in [6.07, 6.45) is 3.23. The summed E-state index contributed by atoms with van der Waals surface area (Å²) in [4.78, 5) is 33.6. The molecule has 7 heteroatoms. The van der Waals surface area contributed by atoms with E-state index in [1.807, 2.05) is 0 Å². The third kappa shape index (κ3) is 4.92. The predicted octanol–water partition coefficient (Wildman–Crippen LogP) is -0.301. The maximum atomic E-state index is 11.5. The Morgan fingerprint density at radius 1 is 1.47 bits per heavy atom. The first kappa shape index (κ1) is 14.9. The number of pyridine rings is 1.